The molecule has 0 unspecified atom stereocenters. The summed E-state index contributed by atoms with van der Waals surface area (Å²) >= 11 is 0. The molecule has 1 saturated carbocycles. The van der Waals surface area contributed by atoms with Crippen LogP contribution in [0.1, 0.15) is 19.3 Å². The monoisotopic (exact) mass is 249 g/mol. The standard InChI is InChI=1S/C9H15NO5S/c1-16(14,15)5-7(11)10-6-9(8(12)13)3-2-4-9/h2-6H2,1H3,(H,10,11)(H,12,13). The van der Waals surface area contributed by atoms with E-state index >= 15 is 0 Å². The Kier molecular flexibility index (Phi) is 3.57. The van der Waals surface area contributed by atoms with Crippen LogP contribution in [0.25, 0.3) is 0 Å². The van der Waals surface area contributed by atoms with Crippen molar-refractivity contribution in [3.05, 3.63) is 0 Å². The minimum Gasteiger partial charge on any atom is -0.481 e. The molecular formula is C9H15NO5S. The third kappa shape index (κ3) is 3.19. The van der Waals surface area contributed by atoms with E-state index in [1.807, 2.05) is 0 Å². The number of carbonyl (C=O) groups excluding carboxylic acids is 1. The molecule has 1 rings (SSSR count). The summed E-state index contributed by atoms with van der Waals surface area (Å²) in [5.41, 5.74) is -0.882. The molecule has 1 aliphatic carbocycles. The molecule has 0 aromatic heterocycles. The van der Waals surface area contributed by atoms with Crippen LogP contribution in [0.2, 0.25) is 0 Å². The van der Waals surface area contributed by atoms with E-state index in [-0.39, 0.29) is 6.54 Å². The molecular weight excluding hydrogens is 234 g/mol. The fourth-order valence-corrected chi connectivity index (χ4v) is 2.21. The number of rotatable bonds is 5. The highest BCUT2D eigenvalue weighted by molar-refractivity contribution is 7.91. The molecule has 1 fully saturated rings. The normalized spacial score (nSPS) is 18.6. The molecule has 1 amide bonds. The first-order chi connectivity index (χ1) is 7.25. The Labute approximate surface area is 93.9 Å². The van der Waals surface area contributed by atoms with Gasteiger partial charge in [-0.3, -0.25) is 9.59 Å². The van der Waals surface area contributed by atoms with Gasteiger partial charge in [-0.15, -0.1) is 0 Å². The van der Waals surface area contributed by atoms with Crippen molar-refractivity contribution in [3.8, 4) is 0 Å². The number of carboxylic acids is 1. The first-order valence-electron chi connectivity index (χ1n) is 4.93. The topological polar surface area (TPSA) is 101 Å². The highest BCUT2D eigenvalue weighted by Crippen LogP contribution is 2.40. The maximum Gasteiger partial charge on any atom is 0.311 e. The zero-order valence-corrected chi connectivity index (χ0v) is 9.84. The lowest BCUT2D eigenvalue weighted by atomic mass is 9.69. The quantitative estimate of drug-likeness (QED) is 0.677. The van der Waals surface area contributed by atoms with Gasteiger partial charge in [-0.1, -0.05) is 6.42 Å². The van der Waals surface area contributed by atoms with Crippen LogP contribution in [0.15, 0.2) is 0 Å². The minimum absolute atomic E-state index is 0.0106. The molecule has 16 heavy (non-hydrogen) atoms. The summed E-state index contributed by atoms with van der Waals surface area (Å²) in [6.07, 6.45) is 2.85. The largest absolute Gasteiger partial charge is 0.481 e. The molecule has 0 aliphatic heterocycles. The van der Waals surface area contributed by atoms with E-state index in [4.69, 9.17) is 5.11 Å². The molecule has 0 radical (unpaired) electrons. The maximum atomic E-state index is 11.2. The van der Waals surface area contributed by atoms with E-state index in [2.05, 4.69) is 5.32 Å². The molecule has 0 saturated heterocycles. The lowest BCUT2D eigenvalue weighted by molar-refractivity contribution is -0.154. The summed E-state index contributed by atoms with van der Waals surface area (Å²) in [6.45, 7) is 0.0106. The third-order valence-corrected chi connectivity index (χ3v) is 3.57. The van der Waals surface area contributed by atoms with Gasteiger partial charge in [0.15, 0.2) is 9.84 Å². The summed E-state index contributed by atoms with van der Waals surface area (Å²) in [5, 5.41) is 11.3. The van der Waals surface area contributed by atoms with E-state index in [0.717, 1.165) is 12.7 Å². The van der Waals surface area contributed by atoms with E-state index in [1.165, 1.54) is 0 Å². The van der Waals surface area contributed by atoms with Crippen LogP contribution in [0.3, 0.4) is 0 Å². The van der Waals surface area contributed by atoms with Gasteiger partial charge in [0, 0.05) is 12.8 Å². The Morgan fingerprint density at radius 2 is 1.94 bits per heavy atom. The van der Waals surface area contributed by atoms with Crippen molar-refractivity contribution in [1.82, 2.24) is 5.32 Å². The molecule has 0 heterocycles. The summed E-state index contributed by atoms with van der Waals surface area (Å²) < 4.78 is 21.6. The number of carboxylic acid groups (broad SMARTS) is 1. The van der Waals surface area contributed by atoms with Crippen molar-refractivity contribution in [2.45, 2.75) is 19.3 Å². The Bertz CT molecular complexity index is 396. The van der Waals surface area contributed by atoms with E-state index < -0.39 is 32.9 Å². The number of amides is 1. The van der Waals surface area contributed by atoms with Gasteiger partial charge in [0.25, 0.3) is 0 Å². The van der Waals surface area contributed by atoms with Gasteiger partial charge in [0.1, 0.15) is 5.75 Å². The molecule has 2 N–H and O–H groups in total. The van der Waals surface area contributed by atoms with E-state index in [1.54, 1.807) is 0 Å². The van der Waals surface area contributed by atoms with Crippen LogP contribution in [0.5, 0.6) is 0 Å². The zero-order valence-electron chi connectivity index (χ0n) is 9.02. The minimum atomic E-state index is -3.36. The second-order valence-corrected chi connectivity index (χ2v) is 6.43. The number of carbonyl (C=O) groups is 2. The van der Waals surface area contributed by atoms with Crippen molar-refractivity contribution in [1.29, 1.82) is 0 Å². The van der Waals surface area contributed by atoms with Gasteiger partial charge >= 0.3 is 5.97 Å². The van der Waals surface area contributed by atoms with Crippen LogP contribution >= 0.6 is 0 Å². The van der Waals surface area contributed by atoms with Crippen molar-refractivity contribution in [3.63, 3.8) is 0 Å². The van der Waals surface area contributed by atoms with Crippen LogP contribution in [-0.2, 0) is 19.4 Å². The van der Waals surface area contributed by atoms with Crippen molar-refractivity contribution < 1.29 is 23.1 Å². The van der Waals surface area contributed by atoms with Gasteiger partial charge in [-0.25, -0.2) is 8.42 Å². The van der Waals surface area contributed by atoms with Crippen molar-refractivity contribution >= 4 is 21.7 Å². The molecule has 6 nitrogen and oxygen atoms in total. The molecule has 0 aromatic carbocycles. The Hall–Kier alpha value is -1.11. The van der Waals surface area contributed by atoms with Crippen LogP contribution in [-0.4, -0.2) is 44.0 Å². The number of sulfone groups is 1. The predicted octanol–water partition coefficient (Wildman–Crippen LogP) is -0.598. The smallest absolute Gasteiger partial charge is 0.311 e. The molecule has 0 bridgehead atoms. The van der Waals surface area contributed by atoms with Gasteiger partial charge in [-0.2, -0.15) is 0 Å². The first-order valence-corrected chi connectivity index (χ1v) is 6.99. The van der Waals surface area contributed by atoms with Crippen molar-refractivity contribution in [2.24, 2.45) is 5.41 Å². The molecule has 7 heteroatoms. The fourth-order valence-electron chi connectivity index (χ4n) is 1.63. The Morgan fingerprint density at radius 3 is 2.25 bits per heavy atom. The van der Waals surface area contributed by atoms with E-state index in [0.29, 0.717) is 12.8 Å². The van der Waals surface area contributed by atoms with Crippen LogP contribution in [0.4, 0.5) is 0 Å². The summed E-state index contributed by atoms with van der Waals surface area (Å²) in [5.74, 6) is -2.17. The maximum absolute atomic E-state index is 11.2. The summed E-state index contributed by atoms with van der Waals surface area (Å²) in [7, 11) is -3.36. The predicted molar refractivity (Wildman–Crippen MR) is 56.6 cm³/mol. The van der Waals surface area contributed by atoms with Gasteiger partial charge in [-0.05, 0) is 12.8 Å². The third-order valence-electron chi connectivity index (χ3n) is 2.78. The SMILES string of the molecule is CS(=O)(=O)CC(=O)NCC1(C(=O)O)CCC1. The molecule has 1 aliphatic rings. The van der Waals surface area contributed by atoms with Gasteiger partial charge in [0.2, 0.25) is 5.91 Å². The number of hydrogen-bond donors (Lipinski definition) is 2. The average Bonchev–Trinajstić information content (AvgIpc) is 1.97. The summed E-state index contributed by atoms with van der Waals surface area (Å²) in [4.78, 5) is 22.1. The Balaban J connectivity index is 2.45. The molecule has 0 spiro atoms. The number of hydrogen-bond acceptors (Lipinski definition) is 4. The lowest BCUT2D eigenvalue weighted by Gasteiger charge is -2.37. The molecule has 92 valence electrons. The highest BCUT2D eigenvalue weighted by atomic mass is 32.2. The molecule has 0 aromatic rings. The van der Waals surface area contributed by atoms with Crippen LogP contribution < -0.4 is 5.32 Å². The van der Waals surface area contributed by atoms with Crippen molar-refractivity contribution in [2.75, 3.05) is 18.6 Å². The fraction of sp³-hybridized carbons (Fsp3) is 0.778. The van der Waals surface area contributed by atoms with Gasteiger partial charge in [0.05, 0.1) is 5.41 Å². The summed E-state index contributed by atoms with van der Waals surface area (Å²) in [6, 6.07) is 0. The second-order valence-electron chi connectivity index (χ2n) is 4.29. The first kappa shape index (κ1) is 13.0. The second kappa shape index (κ2) is 4.40. The van der Waals surface area contributed by atoms with E-state index in [9.17, 15) is 18.0 Å². The molecule has 0 atom stereocenters. The zero-order chi connectivity index (χ0) is 12.4. The highest BCUT2D eigenvalue weighted by Gasteiger charge is 2.44. The van der Waals surface area contributed by atoms with Crippen LogP contribution in [0, 0.1) is 5.41 Å². The van der Waals surface area contributed by atoms with Gasteiger partial charge < -0.3 is 10.4 Å². The average molecular weight is 249 g/mol. The number of aliphatic carboxylic acids is 1. The lowest BCUT2D eigenvalue weighted by Crippen LogP contribution is -2.48. The number of nitrogens with one attached hydrogen (secondary N) is 1. The Morgan fingerprint density at radius 1 is 1.38 bits per heavy atom.